The largest absolute Gasteiger partial charge is 0.472 e. The number of carbonyl (C=O) groups is 1. The van der Waals surface area contributed by atoms with Gasteiger partial charge in [-0.1, -0.05) is 0 Å². The van der Waals surface area contributed by atoms with Gasteiger partial charge in [0.1, 0.15) is 6.61 Å². The van der Waals surface area contributed by atoms with E-state index in [1.54, 1.807) is 20.8 Å². The summed E-state index contributed by atoms with van der Waals surface area (Å²) in [6.07, 6.45) is 0. The summed E-state index contributed by atoms with van der Waals surface area (Å²) in [4.78, 5) is 22.5. The van der Waals surface area contributed by atoms with E-state index in [1.165, 1.54) is 0 Å². The van der Waals surface area contributed by atoms with Gasteiger partial charge in [0, 0.05) is 6.54 Å². The lowest BCUT2D eigenvalue weighted by molar-refractivity contribution is -0.153. The summed E-state index contributed by atoms with van der Waals surface area (Å²) in [6.45, 7) is 5.48. The molecular formula is C11H24NO6P. The Hall–Kier alpha value is -0.460. The monoisotopic (exact) mass is 297 g/mol. The van der Waals surface area contributed by atoms with Crippen molar-refractivity contribution in [1.29, 1.82) is 0 Å². The number of nitrogens with zero attached hydrogens (tertiary/aromatic N) is 1. The third kappa shape index (κ3) is 10.0. The van der Waals surface area contributed by atoms with Crippen LogP contribution in [0.25, 0.3) is 0 Å². The Morgan fingerprint density at radius 3 is 2.16 bits per heavy atom. The van der Waals surface area contributed by atoms with E-state index < -0.39 is 19.2 Å². The average molecular weight is 297 g/mol. The highest BCUT2D eigenvalue weighted by molar-refractivity contribution is 7.47. The second-order valence-corrected chi connectivity index (χ2v) is 6.78. The number of phosphoric ester groups is 1. The highest BCUT2D eigenvalue weighted by Crippen LogP contribution is 2.42. The molecule has 0 fully saturated rings. The van der Waals surface area contributed by atoms with Crippen molar-refractivity contribution in [3.05, 3.63) is 0 Å². The van der Waals surface area contributed by atoms with Crippen LogP contribution in [-0.2, 0) is 23.1 Å². The standard InChI is InChI=1S/C11H24NO6P/c1-11(2,3)10(13)16-8-9-18-19(14,15)17-7-6-12(4)5/h6-9H2,1-5H3,(H,14,15). The van der Waals surface area contributed by atoms with Crippen LogP contribution < -0.4 is 0 Å². The molecule has 7 nitrogen and oxygen atoms in total. The average Bonchev–Trinajstić information content (AvgIpc) is 2.21. The molecule has 1 N–H and O–H groups in total. The van der Waals surface area contributed by atoms with E-state index in [-0.39, 0.29) is 19.8 Å². The van der Waals surface area contributed by atoms with Crippen LogP contribution in [0.2, 0.25) is 0 Å². The number of hydrogen-bond donors (Lipinski definition) is 1. The number of likely N-dealkylation sites (N-methyl/N-ethyl adjacent to an activating group) is 1. The van der Waals surface area contributed by atoms with E-state index in [4.69, 9.17) is 9.26 Å². The number of phosphoric acid groups is 1. The molecule has 19 heavy (non-hydrogen) atoms. The SMILES string of the molecule is CN(C)CCOP(=O)(O)OCCOC(=O)C(C)(C)C. The van der Waals surface area contributed by atoms with Crippen molar-refractivity contribution in [3.8, 4) is 0 Å². The zero-order valence-corrected chi connectivity index (χ0v) is 13.1. The molecule has 0 aliphatic rings. The molecule has 0 heterocycles. The lowest BCUT2D eigenvalue weighted by atomic mass is 9.97. The maximum atomic E-state index is 11.4. The van der Waals surface area contributed by atoms with Crippen molar-refractivity contribution >= 4 is 13.8 Å². The Kier molecular flexibility index (Phi) is 7.78. The first kappa shape index (κ1) is 18.5. The topological polar surface area (TPSA) is 85.3 Å². The van der Waals surface area contributed by atoms with Crippen LogP contribution in [0.3, 0.4) is 0 Å². The maximum absolute atomic E-state index is 11.4. The Bertz CT molecular complexity index is 326. The van der Waals surface area contributed by atoms with Gasteiger partial charge in [-0.15, -0.1) is 0 Å². The highest BCUT2D eigenvalue weighted by atomic mass is 31.2. The molecule has 114 valence electrons. The van der Waals surface area contributed by atoms with E-state index in [0.29, 0.717) is 6.54 Å². The lowest BCUT2D eigenvalue weighted by Crippen LogP contribution is -2.24. The van der Waals surface area contributed by atoms with Crippen LogP contribution in [0, 0.1) is 5.41 Å². The second-order valence-electron chi connectivity index (χ2n) is 5.32. The highest BCUT2D eigenvalue weighted by Gasteiger charge is 2.24. The summed E-state index contributed by atoms with van der Waals surface area (Å²) in [7, 11) is -0.431. The normalized spacial score (nSPS) is 15.3. The lowest BCUT2D eigenvalue weighted by Gasteiger charge is -2.17. The van der Waals surface area contributed by atoms with Crippen LogP contribution in [0.1, 0.15) is 20.8 Å². The molecule has 0 aliphatic heterocycles. The third-order valence-corrected chi connectivity index (χ3v) is 2.99. The molecule has 1 atom stereocenters. The summed E-state index contributed by atoms with van der Waals surface area (Å²) in [5.41, 5.74) is -0.606. The molecule has 0 rings (SSSR count). The molecular weight excluding hydrogens is 273 g/mol. The number of ether oxygens (including phenoxy) is 1. The van der Waals surface area contributed by atoms with Gasteiger partial charge >= 0.3 is 13.8 Å². The first-order valence-electron chi connectivity index (χ1n) is 5.98. The van der Waals surface area contributed by atoms with Gasteiger partial charge in [-0.3, -0.25) is 13.8 Å². The van der Waals surface area contributed by atoms with Gasteiger partial charge in [0.15, 0.2) is 0 Å². The summed E-state index contributed by atoms with van der Waals surface area (Å²) >= 11 is 0. The fourth-order valence-corrected chi connectivity index (χ4v) is 1.57. The molecule has 0 saturated heterocycles. The predicted octanol–water partition coefficient (Wildman–Crippen LogP) is 1.27. The molecule has 0 aromatic rings. The summed E-state index contributed by atoms with van der Waals surface area (Å²) < 4.78 is 25.7. The molecule has 0 spiro atoms. The molecule has 0 amide bonds. The zero-order chi connectivity index (χ0) is 15.1. The zero-order valence-electron chi connectivity index (χ0n) is 12.2. The molecule has 0 aromatic heterocycles. The van der Waals surface area contributed by atoms with Crippen LogP contribution in [0.4, 0.5) is 0 Å². The summed E-state index contributed by atoms with van der Waals surface area (Å²) in [6, 6.07) is 0. The first-order chi connectivity index (χ1) is 8.54. The van der Waals surface area contributed by atoms with Crippen molar-refractivity contribution in [2.24, 2.45) is 5.41 Å². The minimum absolute atomic E-state index is 0.0856. The van der Waals surface area contributed by atoms with Crippen LogP contribution in [0.5, 0.6) is 0 Å². The van der Waals surface area contributed by atoms with Gasteiger partial charge in [0.05, 0.1) is 18.6 Å². The van der Waals surface area contributed by atoms with Crippen LogP contribution >= 0.6 is 7.82 Å². The van der Waals surface area contributed by atoms with Gasteiger partial charge < -0.3 is 14.5 Å². The predicted molar refractivity (Wildman–Crippen MR) is 70.7 cm³/mol. The summed E-state index contributed by atoms with van der Waals surface area (Å²) in [5.74, 6) is -0.391. The Labute approximate surface area is 114 Å². The number of esters is 1. The van der Waals surface area contributed by atoms with Crippen molar-refractivity contribution < 1.29 is 28.0 Å². The fraction of sp³-hybridized carbons (Fsp3) is 0.909. The molecule has 0 bridgehead atoms. The van der Waals surface area contributed by atoms with Crippen LogP contribution in [-0.4, -0.2) is 56.2 Å². The molecule has 0 saturated carbocycles. The van der Waals surface area contributed by atoms with E-state index in [1.807, 2.05) is 19.0 Å². The molecule has 8 heteroatoms. The minimum atomic E-state index is -4.07. The Morgan fingerprint density at radius 1 is 1.16 bits per heavy atom. The van der Waals surface area contributed by atoms with E-state index in [9.17, 15) is 14.3 Å². The van der Waals surface area contributed by atoms with E-state index >= 15 is 0 Å². The third-order valence-electron chi connectivity index (χ3n) is 1.98. The van der Waals surface area contributed by atoms with Gasteiger partial charge in [-0.05, 0) is 34.9 Å². The second kappa shape index (κ2) is 7.97. The maximum Gasteiger partial charge on any atom is 0.472 e. The van der Waals surface area contributed by atoms with Gasteiger partial charge in [0.2, 0.25) is 0 Å². The van der Waals surface area contributed by atoms with Gasteiger partial charge in [0.25, 0.3) is 0 Å². The molecule has 0 aliphatic carbocycles. The van der Waals surface area contributed by atoms with E-state index in [2.05, 4.69) is 4.52 Å². The van der Waals surface area contributed by atoms with E-state index in [0.717, 1.165) is 0 Å². The van der Waals surface area contributed by atoms with Crippen molar-refractivity contribution in [1.82, 2.24) is 4.90 Å². The van der Waals surface area contributed by atoms with Gasteiger partial charge in [-0.25, -0.2) is 4.57 Å². The fourth-order valence-electron chi connectivity index (χ4n) is 0.880. The minimum Gasteiger partial charge on any atom is -0.463 e. The number of rotatable bonds is 8. The Morgan fingerprint density at radius 2 is 1.68 bits per heavy atom. The van der Waals surface area contributed by atoms with Crippen LogP contribution in [0.15, 0.2) is 0 Å². The smallest absolute Gasteiger partial charge is 0.463 e. The number of hydrogen-bond acceptors (Lipinski definition) is 6. The molecule has 1 unspecified atom stereocenters. The van der Waals surface area contributed by atoms with Crippen molar-refractivity contribution in [2.75, 3.05) is 40.5 Å². The number of carbonyl (C=O) groups excluding carboxylic acids is 1. The van der Waals surface area contributed by atoms with Crippen molar-refractivity contribution in [3.63, 3.8) is 0 Å². The summed E-state index contributed by atoms with van der Waals surface area (Å²) in [5, 5.41) is 0. The quantitative estimate of drug-likeness (QED) is 0.410. The van der Waals surface area contributed by atoms with Crippen molar-refractivity contribution in [2.45, 2.75) is 20.8 Å². The van der Waals surface area contributed by atoms with Gasteiger partial charge in [-0.2, -0.15) is 0 Å². The first-order valence-corrected chi connectivity index (χ1v) is 7.48. The Balaban J connectivity index is 3.81. The molecule has 0 aromatic carbocycles. The molecule has 0 radical (unpaired) electrons.